The molecule has 1 heterocycles. The summed E-state index contributed by atoms with van der Waals surface area (Å²) in [7, 11) is 0. The Labute approximate surface area is 131 Å². The maximum Gasteiger partial charge on any atom is 0.251 e. The van der Waals surface area contributed by atoms with Crippen LogP contribution in [-0.2, 0) is 4.79 Å². The normalized spacial score (nSPS) is 14.0. The van der Waals surface area contributed by atoms with E-state index < -0.39 is 0 Å². The Bertz CT molecular complexity index is 476. The monoisotopic (exact) mass is 311 g/mol. The third-order valence-electron chi connectivity index (χ3n) is 3.43. The number of hydrogen-bond donors (Lipinski definition) is 2. The maximum atomic E-state index is 11.9. The molecule has 1 aliphatic heterocycles. The molecule has 1 saturated heterocycles. The van der Waals surface area contributed by atoms with Gasteiger partial charge in [-0.05, 0) is 50.1 Å². The van der Waals surface area contributed by atoms with Crippen LogP contribution in [0.1, 0.15) is 36.0 Å². The number of rotatable bonds is 6. The summed E-state index contributed by atoms with van der Waals surface area (Å²) < 4.78 is 0. The van der Waals surface area contributed by atoms with Crippen molar-refractivity contribution in [2.24, 2.45) is 5.73 Å². The molecule has 1 aromatic carbocycles. The van der Waals surface area contributed by atoms with Gasteiger partial charge >= 0.3 is 0 Å². The second-order valence-electron chi connectivity index (χ2n) is 4.95. The molecule has 0 spiro atoms. The number of unbranched alkanes of at least 4 members (excludes halogenated alkanes) is 1. The Morgan fingerprint density at radius 3 is 2.52 bits per heavy atom. The topological polar surface area (TPSA) is 75.4 Å². The van der Waals surface area contributed by atoms with E-state index in [2.05, 4.69) is 5.32 Å². The lowest BCUT2D eigenvalue weighted by atomic mass is 10.2. The first kappa shape index (κ1) is 17.5. The molecule has 1 aromatic rings. The number of hydrogen-bond acceptors (Lipinski definition) is 3. The van der Waals surface area contributed by atoms with Crippen LogP contribution in [0.5, 0.6) is 0 Å². The van der Waals surface area contributed by atoms with E-state index in [1.54, 1.807) is 17.0 Å². The van der Waals surface area contributed by atoms with Crippen molar-refractivity contribution in [3.8, 4) is 0 Å². The van der Waals surface area contributed by atoms with Gasteiger partial charge in [-0.2, -0.15) is 0 Å². The average molecular weight is 312 g/mol. The van der Waals surface area contributed by atoms with E-state index in [4.69, 9.17) is 5.73 Å². The summed E-state index contributed by atoms with van der Waals surface area (Å²) in [6, 6.07) is 7.19. The van der Waals surface area contributed by atoms with Gasteiger partial charge in [0.05, 0.1) is 0 Å². The van der Waals surface area contributed by atoms with Crippen molar-refractivity contribution < 1.29 is 9.59 Å². The summed E-state index contributed by atoms with van der Waals surface area (Å²) in [6.45, 7) is 2.06. The molecule has 21 heavy (non-hydrogen) atoms. The first-order valence-electron chi connectivity index (χ1n) is 7.11. The van der Waals surface area contributed by atoms with Crippen molar-refractivity contribution in [2.45, 2.75) is 25.7 Å². The van der Waals surface area contributed by atoms with Gasteiger partial charge in [0, 0.05) is 30.8 Å². The molecule has 3 N–H and O–H groups in total. The zero-order chi connectivity index (χ0) is 14.4. The highest BCUT2D eigenvalue weighted by molar-refractivity contribution is 5.97. The van der Waals surface area contributed by atoms with E-state index in [1.807, 2.05) is 12.1 Å². The molecule has 2 rings (SSSR count). The summed E-state index contributed by atoms with van der Waals surface area (Å²) in [5, 5.41) is 2.86. The predicted octanol–water partition coefficient (Wildman–Crippen LogP) is 1.70. The molecule has 116 valence electrons. The summed E-state index contributed by atoms with van der Waals surface area (Å²) in [6.07, 6.45) is 3.32. The number of carbonyl (C=O) groups excluding carboxylic acids is 2. The van der Waals surface area contributed by atoms with Crippen molar-refractivity contribution in [1.82, 2.24) is 5.32 Å². The van der Waals surface area contributed by atoms with E-state index in [1.165, 1.54) is 0 Å². The maximum absolute atomic E-state index is 11.9. The standard InChI is InChI=1S/C15H21N3O2.ClH/c16-9-1-2-10-17-15(20)12-5-7-13(8-6-12)18-11-3-4-14(18)19;/h5-8H,1-4,9-11,16H2,(H,17,20);1H. The van der Waals surface area contributed by atoms with Gasteiger partial charge in [-0.3, -0.25) is 9.59 Å². The van der Waals surface area contributed by atoms with Crippen LogP contribution in [0.3, 0.4) is 0 Å². The quantitative estimate of drug-likeness (QED) is 0.785. The van der Waals surface area contributed by atoms with Crippen molar-refractivity contribution in [1.29, 1.82) is 0 Å². The first-order chi connectivity index (χ1) is 9.72. The predicted molar refractivity (Wildman–Crippen MR) is 85.9 cm³/mol. The molecule has 0 radical (unpaired) electrons. The lowest BCUT2D eigenvalue weighted by molar-refractivity contribution is -0.117. The Morgan fingerprint density at radius 2 is 1.95 bits per heavy atom. The lowest BCUT2D eigenvalue weighted by Gasteiger charge is -2.15. The average Bonchev–Trinajstić information content (AvgIpc) is 2.90. The number of nitrogens with one attached hydrogen (secondary N) is 1. The first-order valence-corrected chi connectivity index (χ1v) is 7.11. The molecule has 0 saturated carbocycles. The van der Waals surface area contributed by atoms with Gasteiger partial charge in [-0.1, -0.05) is 0 Å². The van der Waals surface area contributed by atoms with E-state index in [9.17, 15) is 9.59 Å². The number of benzene rings is 1. The van der Waals surface area contributed by atoms with Crippen LogP contribution in [0.25, 0.3) is 0 Å². The van der Waals surface area contributed by atoms with Gasteiger partial charge in [0.25, 0.3) is 5.91 Å². The number of anilines is 1. The Hall–Kier alpha value is -1.59. The summed E-state index contributed by atoms with van der Waals surface area (Å²) in [5.41, 5.74) is 6.89. The molecule has 0 bridgehead atoms. The largest absolute Gasteiger partial charge is 0.352 e. The van der Waals surface area contributed by atoms with Crippen LogP contribution in [0.4, 0.5) is 5.69 Å². The van der Waals surface area contributed by atoms with Crippen LogP contribution >= 0.6 is 12.4 Å². The molecule has 0 aromatic heterocycles. The highest BCUT2D eigenvalue weighted by atomic mass is 35.5. The van der Waals surface area contributed by atoms with E-state index in [0.717, 1.165) is 31.5 Å². The number of halogens is 1. The molecule has 2 amide bonds. The van der Waals surface area contributed by atoms with E-state index in [0.29, 0.717) is 25.1 Å². The third kappa shape index (κ3) is 4.72. The third-order valence-corrected chi connectivity index (χ3v) is 3.43. The van der Waals surface area contributed by atoms with Gasteiger partial charge in [0.1, 0.15) is 0 Å². The van der Waals surface area contributed by atoms with Crippen LogP contribution in [-0.4, -0.2) is 31.4 Å². The summed E-state index contributed by atoms with van der Waals surface area (Å²) in [5.74, 6) is 0.0744. The van der Waals surface area contributed by atoms with Gasteiger partial charge in [0.2, 0.25) is 5.91 Å². The fraction of sp³-hybridized carbons (Fsp3) is 0.467. The van der Waals surface area contributed by atoms with Crippen molar-refractivity contribution in [2.75, 3.05) is 24.5 Å². The minimum atomic E-state index is -0.0821. The van der Waals surface area contributed by atoms with E-state index in [-0.39, 0.29) is 24.2 Å². The zero-order valence-electron chi connectivity index (χ0n) is 12.0. The van der Waals surface area contributed by atoms with Crippen molar-refractivity contribution in [3.05, 3.63) is 29.8 Å². The van der Waals surface area contributed by atoms with Gasteiger partial charge in [-0.15, -0.1) is 12.4 Å². The molecule has 0 aliphatic carbocycles. The minimum absolute atomic E-state index is 0. The minimum Gasteiger partial charge on any atom is -0.352 e. The molecule has 6 heteroatoms. The molecule has 0 atom stereocenters. The smallest absolute Gasteiger partial charge is 0.251 e. The Kier molecular flexibility index (Phi) is 7.19. The molecular weight excluding hydrogens is 290 g/mol. The molecule has 5 nitrogen and oxygen atoms in total. The van der Waals surface area contributed by atoms with Crippen LogP contribution in [0.15, 0.2) is 24.3 Å². The Morgan fingerprint density at radius 1 is 1.24 bits per heavy atom. The second-order valence-corrected chi connectivity index (χ2v) is 4.95. The van der Waals surface area contributed by atoms with E-state index >= 15 is 0 Å². The number of nitrogens with zero attached hydrogens (tertiary/aromatic N) is 1. The van der Waals surface area contributed by atoms with Gasteiger partial charge in [-0.25, -0.2) is 0 Å². The lowest BCUT2D eigenvalue weighted by Crippen LogP contribution is -2.26. The van der Waals surface area contributed by atoms with Gasteiger partial charge < -0.3 is 16.0 Å². The number of nitrogens with two attached hydrogens (primary N) is 1. The SMILES string of the molecule is Cl.NCCCCNC(=O)c1ccc(N2CCCC2=O)cc1. The molecule has 1 aliphatic rings. The molecular formula is C15H22ClN3O2. The van der Waals surface area contributed by atoms with Crippen LogP contribution in [0, 0.1) is 0 Å². The fourth-order valence-corrected chi connectivity index (χ4v) is 2.29. The second kappa shape index (κ2) is 8.64. The number of amides is 2. The highest BCUT2D eigenvalue weighted by Gasteiger charge is 2.21. The zero-order valence-corrected chi connectivity index (χ0v) is 12.8. The van der Waals surface area contributed by atoms with Crippen LogP contribution in [0.2, 0.25) is 0 Å². The molecule has 1 fully saturated rings. The Balaban J connectivity index is 0.00000220. The highest BCUT2D eigenvalue weighted by Crippen LogP contribution is 2.21. The fourth-order valence-electron chi connectivity index (χ4n) is 2.29. The van der Waals surface area contributed by atoms with Gasteiger partial charge in [0.15, 0.2) is 0 Å². The van der Waals surface area contributed by atoms with Crippen molar-refractivity contribution in [3.63, 3.8) is 0 Å². The van der Waals surface area contributed by atoms with Crippen molar-refractivity contribution >= 4 is 29.9 Å². The number of carbonyl (C=O) groups is 2. The molecule has 0 unspecified atom stereocenters. The summed E-state index contributed by atoms with van der Waals surface area (Å²) in [4.78, 5) is 25.3. The van der Waals surface area contributed by atoms with Crippen LogP contribution < -0.4 is 16.0 Å². The summed E-state index contributed by atoms with van der Waals surface area (Å²) >= 11 is 0.